The summed E-state index contributed by atoms with van der Waals surface area (Å²) in [6.45, 7) is 0. The number of hydrogen-bond acceptors (Lipinski definition) is 4. The number of anilines is 1. The number of aliphatic imine (C=N–C) groups is 1. The fourth-order valence-corrected chi connectivity index (χ4v) is 3.26. The number of carbonyl (C=O) groups is 1. The number of para-hydroxylation sites is 3. The predicted octanol–water partition coefficient (Wildman–Crippen LogP) is 5.56. The summed E-state index contributed by atoms with van der Waals surface area (Å²) in [4.78, 5) is 17.4. The topological polar surface area (TPSA) is 70.9 Å². The van der Waals surface area contributed by atoms with Crippen molar-refractivity contribution in [1.29, 1.82) is 0 Å². The Morgan fingerprint density at radius 2 is 1.67 bits per heavy atom. The monoisotopic (exact) mass is 396 g/mol. The first-order chi connectivity index (χ1) is 14.7. The van der Waals surface area contributed by atoms with Crippen LogP contribution in [0.15, 0.2) is 89.9 Å². The number of nitrogens with one attached hydrogen (secondary N) is 1. The van der Waals surface area contributed by atoms with Crippen LogP contribution in [0.3, 0.4) is 0 Å². The van der Waals surface area contributed by atoms with Crippen molar-refractivity contribution in [3.05, 3.63) is 96.1 Å². The Balaban J connectivity index is 1.79. The molecule has 1 amide bonds. The normalized spacial score (nSPS) is 11.0. The molecule has 30 heavy (non-hydrogen) atoms. The van der Waals surface area contributed by atoms with Crippen molar-refractivity contribution < 1.29 is 14.6 Å². The highest BCUT2D eigenvalue weighted by atomic mass is 16.5. The molecule has 0 spiro atoms. The third kappa shape index (κ3) is 3.86. The number of methoxy groups -OCH3 is 1. The fraction of sp³-hybridized carbons (Fsp3) is 0.0400. The van der Waals surface area contributed by atoms with Gasteiger partial charge in [0.15, 0.2) is 0 Å². The lowest BCUT2D eigenvalue weighted by molar-refractivity contribution is 0.102. The highest BCUT2D eigenvalue weighted by Gasteiger charge is 2.17. The molecule has 0 atom stereocenters. The molecule has 4 aromatic carbocycles. The van der Waals surface area contributed by atoms with Gasteiger partial charge in [0.1, 0.15) is 17.2 Å². The minimum Gasteiger partial charge on any atom is -0.506 e. The lowest BCUT2D eigenvalue weighted by Gasteiger charge is -2.12. The van der Waals surface area contributed by atoms with Gasteiger partial charge in [-0.1, -0.05) is 54.6 Å². The Labute approximate surface area is 174 Å². The van der Waals surface area contributed by atoms with Gasteiger partial charge in [-0.25, -0.2) is 0 Å². The third-order valence-electron chi connectivity index (χ3n) is 4.76. The number of fused-ring (bicyclic) bond motifs is 1. The average Bonchev–Trinajstić information content (AvgIpc) is 2.79. The van der Waals surface area contributed by atoms with Crippen LogP contribution in [0.25, 0.3) is 10.8 Å². The molecule has 4 rings (SSSR count). The molecule has 0 aliphatic carbocycles. The van der Waals surface area contributed by atoms with Gasteiger partial charge in [-0.05, 0) is 41.1 Å². The molecule has 0 fully saturated rings. The van der Waals surface area contributed by atoms with Crippen molar-refractivity contribution in [1.82, 2.24) is 0 Å². The molecule has 5 nitrogen and oxygen atoms in total. The number of rotatable bonds is 5. The summed E-state index contributed by atoms with van der Waals surface area (Å²) in [5.41, 5.74) is 1.93. The number of aromatic hydroxyl groups is 1. The number of ether oxygens (including phenoxy) is 1. The number of phenolic OH excluding ortho intramolecular Hbond substituents is 1. The number of amides is 1. The third-order valence-corrected chi connectivity index (χ3v) is 4.76. The lowest BCUT2D eigenvalue weighted by Crippen LogP contribution is -2.12. The quantitative estimate of drug-likeness (QED) is 0.434. The van der Waals surface area contributed by atoms with Crippen molar-refractivity contribution in [2.75, 3.05) is 12.4 Å². The van der Waals surface area contributed by atoms with Crippen molar-refractivity contribution in [3.8, 4) is 11.5 Å². The fourth-order valence-electron chi connectivity index (χ4n) is 3.26. The van der Waals surface area contributed by atoms with E-state index < -0.39 is 5.91 Å². The van der Waals surface area contributed by atoms with Crippen molar-refractivity contribution in [2.45, 2.75) is 0 Å². The molecule has 0 aliphatic heterocycles. The summed E-state index contributed by atoms with van der Waals surface area (Å²) in [5, 5.41) is 15.4. The summed E-state index contributed by atoms with van der Waals surface area (Å²) in [5.74, 6) is 0.104. The van der Waals surface area contributed by atoms with Gasteiger partial charge in [0.2, 0.25) is 0 Å². The summed E-state index contributed by atoms with van der Waals surface area (Å²) in [6, 6.07) is 25.7. The highest BCUT2D eigenvalue weighted by molar-refractivity contribution is 6.13. The largest absolute Gasteiger partial charge is 0.506 e. The van der Waals surface area contributed by atoms with Crippen LogP contribution >= 0.6 is 0 Å². The molecule has 0 radical (unpaired) electrons. The van der Waals surface area contributed by atoms with Crippen LogP contribution in [0.4, 0.5) is 11.4 Å². The van der Waals surface area contributed by atoms with E-state index in [2.05, 4.69) is 10.3 Å². The van der Waals surface area contributed by atoms with Crippen molar-refractivity contribution in [3.63, 3.8) is 0 Å². The summed E-state index contributed by atoms with van der Waals surface area (Å²) in [7, 11) is 1.58. The summed E-state index contributed by atoms with van der Waals surface area (Å²) in [6.07, 6.45) is 1.56. The van der Waals surface area contributed by atoms with E-state index in [4.69, 9.17) is 4.74 Å². The number of carbonyl (C=O) groups excluding carboxylic acids is 1. The molecule has 0 unspecified atom stereocenters. The molecular weight excluding hydrogens is 376 g/mol. The first-order valence-corrected chi connectivity index (χ1v) is 9.45. The molecule has 0 saturated carbocycles. The van der Waals surface area contributed by atoms with E-state index in [1.54, 1.807) is 31.5 Å². The standard InChI is InChI=1S/C25H20N2O3/c1-30-23-14-8-7-13-22(23)26-16-21-19-12-6-5-9-17(19)15-20(24(21)28)25(29)27-18-10-3-2-4-11-18/h2-16,28H,1H3,(H,27,29)/b26-16+. The first-order valence-electron chi connectivity index (χ1n) is 9.45. The Kier molecular flexibility index (Phi) is 5.44. The zero-order valence-corrected chi connectivity index (χ0v) is 16.4. The Morgan fingerprint density at radius 1 is 0.967 bits per heavy atom. The predicted molar refractivity (Wildman–Crippen MR) is 120 cm³/mol. The lowest BCUT2D eigenvalue weighted by atomic mass is 9.99. The molecule has 5 heteroatoms. The Hall–Kier alpha value is -4.12. The zero-order chi connectivity index (χ0) is 20.9. The molecule has 0 saturated heterocycles. The number of phenols is 1. The van der Waals surface area contributed by atoms with Gasteiger partial charge in [0, 0.05) is 17.5 Å². The minimum absolute atomic E-state index is 0.124. The molecule has 0 aromatic heterocycles. The van der Waals surface area contributed by atoms with Gasteiger partial charge in [-0.2, -0.15) is 0 Å². The van der Waals surface area contributed by atoms with Gasteiger partial charge >= 0.3 is 0 Å². The maximum atomic E-state index is 12.9. The SMILES string of the molecule is COc1ccccc1/N=C/c1c(O)c(C(=O)Nc2ccccc2)cc2ccccc12. The van der Waals surface area contributed by atoms with Crippen LogP contribution in [-0.2, 0) is 0 Å². The Morgan fingerprint density at radius 3 is 2.47 bits per heavy atom. The van der Waals surface area contributed by atoms with Gasteiger partial charge in [-0.15, -0.1) is 0 Å². The second kappa shape index (κ2) is 8.49. The van der Waals surface area contributed by atoms with Crippen LogP contribution < -0.4 is 10.1 Å². The number of nitrogens with zero attached hydrogens (tertiary/aromatic N) is 1. The van der Waals surface area contributed by atoms with E-state index in [1.165, 1.54) is 0 Å². The molecule has 148 valence electrons. The first kappa shape index (κ1) is 19.2. The molecule has 0 heterocycles. The second-order valence-corrected chi connectivity index (χ2v) is 6.66. The maximum Gasteiger partial charge on any atom is 0.259 e. The molecule has 0 aliphatic rings. The van der Waals surface area contributed by atoms with E-state index in [1.807, 2.05) is 66.7 Å². The molecule has 4 aromatic rings. The smallest absolute Gasteiger partial charge is 0.259 e. The minimum atomic E-state index is -0.392. The van der Waals surface area contributed by atoms with Crippen LogP contribution in [0.1, 0.15) is 15.9 Å². The van der Waals surface area contributed by atoms with E-state index in [9.17, 15) is 9.90 Å². The zero-order valence-electron chi connectivity index (χ0n) is 16.4. The summed E-state index contributed by atoms with van der Waals surface area (Å²) >= 11 is 0. The Bertz CT molecular complexity index is 1230. The van der Waals surface area contributed by atoms with Crippen LogP contribution in [0, 0.1) is 0 Å². The average molecular weight is 396 g/mol. The van der Waals surface area contributed by atoms with Gasteiger partial charge in [-0.3, -0.25) is 9.79 Å². The van der Waals surface area contributed by atoms with Crippen molar-refractivity contribution in [2.24, 2.45) is 4.99 Å². The van der Waals surface area contributed by atoms with E-state index >= 15 is 0 Å². The van der Waals surface area contributed by atoms with Crippen LogP contribution in [-0.4, -0.2) is 24.3 Å². The highest BCUT2D eigenvalue weighted by Crippen LogP contribution is 2.32. The number of hydrogen-bond donors (Lipinski definition) is 2. The second-order valence-electron chi connectivity index (χ2n) is 6.66. The van der Waals surface area contributed by atoms with E-state index in [0.717, 1.165) is 10.8 Å². The van der Waals surface area contributed by atoms with Crippen molar-refractivity contribution >= 4 is 34.3 Å². The van der Waals surface area contributed by atoms with Crippen LogP contribution in [0.5, 0.6) is 11.5 Å². The van der Waals surface area contributed by atoms with Crippen LogP contribution in [0.2, 0.25) is 0 Å². The van der Waals surface area contributed by atoms with Gasteiger partial charge in [0.25, 0.3) is 5.91 Å². The molecular formula is C25H20N2O3. The van der Waals surface area contributed by atoms with E-state index in [0.29, 0.717) is 22.7 Å². The number of benzene rings is 4. The maximum absolute atomic E-state index is 12.9. The van der Waals surface area contributed by atoms with E-state index in [-0.39, 0.29) is 11.3 Å². The van der Waals surface area contributed by atoms with Gasteiger partial charge < -0.3 is 15.2 Å². The van der Waals surface area contributed by atoms with Gasteiger partial charge in [0.05, 0.1) is 12.7 Å². The molecule has 0 bridgehead atoms. The molecule has 2 N–H and O–H groups in total. The summed E-state index contributed by atoms with van der Waals surface area (Å²) < 4.78 is 5.34.